The van der Waals surface area contributed by atoms with Crippen LogP contribution in [0.2, 0.25) is 5.02 Å². The van der Waals surface area contributed by atoms with Crippen LogP contribution in [-0.2, 0) is 0 Å². The van der Waals surface area contributed by atoms with Crippen molar-refractivity contribution < 1.29 is 5.11 Å². The zero-order valence-corrected chi connectivity index (χ0v) is 8.34. The van der Waals surface area contributed by atoms with Gasteiger partial charge < -0.3 is 5.11 Å². The fourth-order valence-corrected chi connectivity index (χ4v) is 1.55. The van der Waals surface area contributed by atoms with Gasteiger partial charge in [-0.2, -0.15) is 0 Å². The number of rotatable bonds is 1. The molecule has 0 amide bonds. The Morgan fingerprint density at radius 1 is 1.43 bits per heavy atom. The summed E-state index contributed by atoms with van der Waals surface area (Å²) in [4.78, 5) is 0. The van der Waals surface area contributed by atoms with Crippen molar-refractivity contribution in [3.63, 3.8) is 0 Å². The van der Waals surface area contributed by atoms with Crippen molar-refractivity contribution in [1.82, 2.24) is 11.0 Å². The molecule has 0 aromatic heterocycles. The van der Waals surface area contributed by atoms with Crippen molar-refractivity contribution in [2.45, 2.75) is 6.92 Å². The largest absolute Gasteiger partial charge is 0.493 e. The van der Waals surface area contributed by atoms with E-state index in [1.54, 1.807) is 17.3 Å². The summed E-state index contributed by atoms with van der Waals surface area (Å²) in [5, 5.41) is 11.5. The van der Waals surface area contributed by atoms with Gasteiger partial charge in [-0.3, -0.25) is 10.4 Å². The zero-order chi connectivity index (χ0) is 10.1. The Labute approximate surface area is 86.7 Å². The molecule has 3 N–H and O–H groups in total. The maximum absolute atomic E-state index is 9.13. The molecule has 1 heterocycles. The number of hydrazine groups is 2. The highest BCUT2D eigenvalue weighted by atomic mass is 35.5. The van der Waals surface area contributed by atoms with Crippen LogP contribution < -0.4 is 16.0 Å². The first-order valence-corrected chi connectivity index (χ1v) is 4.52. The molecule has 0 aliphatic carbocycles. The lowest BCUT2D eigenvalue weighted by molar-refractivity contribution is 0.361. The lowest BCUT2D eigenvalue weighted by Crippen LogP contribution is -2.36. The molecule has 1 aromatic rings. The summed E-state index contributed by atoms with van der Waals surface area (Å²) in [6.07, 6.45) is 1.55. The van der Waals surface area contributed by atoms with Gasteiger partial charge >= 0.3 is 0 Å². The molecule has 1 aliphatic rings. The molecule has 0 unspecified atom stereocenters. The number of aliphatic hydroxyl groups is 1. The summed E-state index contributed by atoms with van der Waals surface area (Å²) in [5.41, 5.74) is 7.31. The monoisotopic (exact) mass is 211 g/mol. The van der Waals surface area contributed by atoms with Gasteiger partial charge in [-0.05, 0) is 30.7 Å². The third kappa shape index (κ3) is 1.62. The van der Waals surface area contributed by atoms with Crippen molar-refractivity contribution in [2.75, 3.05) is 5.01 Å². The number of nitrogens with zero attached hydrogens (tertiary/aromatic N) is 1. The van der Waals surface area contributed by atoms with Gasteiger partial charge in [0, 0.05) is 5.02 Å². The van der Waals surface area contributed by atoms with Crippen LogP contribution in [0.4, 0.5) is 5.69 Å². The van der Waals surface area contributed by atoms with Crippen LogP contribution in [0, 0.1) is 6.92 Å². The third-order valence-corrected chi connectivity index (χ3v) is 2.21. The van der Waals surface area contributed by atoms with Crippen LogP contribution >= 0.6 is 11.6 Å². The van der Waals surface area contributed by atoms with E-state index in [2.05, 4.69) is 11.0 Å². The zero-order valence-electron chi connectivity index (χ0n) is 7.58. The highest BCUT2D eigenvalue weighted by Gasteiger charge is 2.13. The van der Waals surface area contributed by atoms with E-state index < -0.39 is 0 Å². The van der Waals surface area contributed by atoms with E-state index in [9.17, 15) is 0 Å². The predicted molar refractivity (Wildman–Crippen MR) is 55.7 cm³/mol. The van der Waals surface area contributed by atoms with Gasteiger partial charge in [0.15, 0.2) is 0 Å². The number of nitrogens with one attached hydrogen (secondary N) is 2. The standard InChI is InChI=1S/C9H10ClN3O/c1-6-4-7(10)2-3-8(6)13-5-9(14)11-12-13/h2-5,11-12,14H,1H3. The van der Waals surface area contributed by atoms with Crippen molar-refractivity contribution in [1.29, 1.82) is 0 Å². The molecule has 0 atom stereocenters. The maximum atomic E-state index is 9.13. The van der Waals surface area contributed by atoms with Gasteiger partial charge in [-0.15, -0.1) is 5.53 Å². The average molecular weight is 212 g/mol. The van der Waals surface area contributed by atoms with E-state index in [4.69, 9.17) is 16.7 Å². The smallest absolute Gasteiger partial charge is 0.218 e. The molecule has 0 radical (unpaired) electrons. The van der Waals surface area contributed by atoms with E-state index >= 15 is 0 Å². The molecule has 14 heavy (non-hydrogen) atoms. The number of halogens is 1. The summed E-state index contributed by atoms with van der Waals surface area (Å²) in [5.74, 6) is 0.0827. The number of aliphatic hydroxyl groups excluding tert-OH is 1. The highest BCUT2D eigenvalue weighted by Crippen LogP contribution is 2.23. The summed E-state index contributed by atoms with van der Waals surface area (Å²) in [7, 11) is 0. The van der Waals surface area contributed by atoms with E-state index in [0.717, 1.165) is 11.3 Å². The Morgan fingerprint density at radius 3 is 2.79 bits per heavy atom. The second-order valence-electron chi connectivity index (χ2n) is 3.05. The van der Waals surface area contributed by atoms with Gasteiger partial charge in [-0.25, -0.2) is 0 Å². The minimum atomic E-state index is 0.0827. The molecule has 1 aliphatic heterocycles. The number of hydrogen-bond acceptors (Lipinski definition) is 4. The number of aryl methyl sites for hydroxylation is 1. The van der Waals surface area contributed by atoms with Gasteiger partial charge in [0.05, 0.1) is 11.9 Å². The van der Waals surface area contributed by atoms with Gasteiger partial charge in [0.25, 0.3) is 0 Å². The first-order chi connectivity index (χ1) is 6.66. The SMILES string of the molecule is Cc1cc(Cl)ccc1N1C=C(O)NN1. The van der Waals surface area contributed by atoms with E-state index in [1.165, 1.54) is 0 Å². The minimum Gasteiger partial charge on any atom is -0.493 e. The third-order valence-electron chi connectivity index (χ3n) is 1.97. The molecule has 0 saturated carbocycles. The summed E-state index contributed by atoms with van der Waals surface area (Å²) >= 11 is 5.83. The van der Waals surface area contributed by atoms with Crippen LogP contribution in [0.3, 0.4) is 0 Å². The second kappa shape index (κ2) is 3.40. The molecule has 1 aromatic carbocycles. The summed E-state index contributed by atoms with van der Waals surface area (Å²) in [6, 6.07) is 5.54. The van der Waals surface area contributed by atoms with Gasteiger partial charge in [-0.1, -0.05) is 11.6 Å². The van der Waals surface area contributed by atoms with E-state index in [1.807, 2.05) is 19.1 Å². The van der Waals surface area contributed by atoms with Crippen LogP contribution in [0.1, 0.15) is 5.56 Å². The van der Waals surface area contributed by atoms with Crippen molar-refractivity contribution >= 4 is 17.3 Å². The van der Waals surface area contributed by atoms with Crippen LogP contribution in [0.5, 0.6) is 0 Å². The fraction of sp³-hybridized carbons (Fsp3) is 0.111. The van der Waals surface area contributed by atoms with Crippen LogP contribution in [0.15, 0.2) is 30.3 Å². The quantitative estimate of drug-likeness (QED) is 0.664. The Hall–Kier alpha value is -1.39. The maximum Gasteiger partial charge on any atom is 0.218 e. The Morgan fingerprint density at radius 2 is 2.21 bits per heavy atom. The van der Waals surface area contributed by atoms with Crippen LogP contribution in [-0.4, -0.2) is 5.11 Å². The molecular formula is C9H10ClN3O. The molecule has 4 nitrogen and oxygen atoms in total. The molecule has 2 rings (SSSR count). The van der Waals surface area contributed by atoms with Crippen molar-refractivity contribution in [3.05, 3.63) is 40.9 Å². The predicted octanol–water partition coefficient (Wildman–Crippen LogP) is 1.83. The molecule has 74 valence electrons. The number of hydrogen-bond donors (Lipinski definition) is 3. The van der Waals surface area contributed by atoms with E-state index in [-0.39, 0.29) is 5.88 Å². The lowest BCUT2D eigenvalue weighted by atomic mass is 10.2. The number of anilines is 1. The fourth-order valence-electron chi connectivity index (χ4n) is 1.32. The minimum absolute atomic E-state index is 0.0827. The molecule has 0 spiro atoms. The number of benzene rings is 1. The lowest BCUT2D eigenvalue weighted by Gasteiger charge is -2.17. The Balaban J connectivity index is 2.33. The van der Waals surface area contributed by atoms with E-state index in [0.29, 0.717) is 5.02 Å². The van der Waals surface area contributed by atoms with Crippen LogP contribution in [0.25, 0.3) is 0 Å². The average Bonchev–Trinajstić information content (AvgIpc) is 2.51. The first kappa shape index (κ1) is 9.18. The topological polar surface area (TPSA) is 47.5 Å². The summed E-state index contributed by atoms with van der Waals surface area (Å²) < 4.78 is 0. The molecule has 5 heteroatoms. The van der Waals surface area contributed by atoms with Gasteiger partial charge in [0.2, 0.25) is 5.88 Å². The Bertz CT molecular complexity index is 392. The first-order valence-electron chi connectivity index (χ1n) is 4.14. The summed E-state index contributed by atoms with van der Waals surface area (Å²) in [6.45, 7) is 1.95. The van der Waals surface area contributed by atoms with Crippen molar-refractivity contribution in [3.8, 4) is 0 Å². The highest BCUT2D eigenvalue weighted by molar-refractivity contribution is 6.30. The Kier molecular flexibility index (Phi) is 2.23. The second-order valence-corrected chi connectivity index (χ2v) is 3.49. The molecular weight excluding hydrogens is 202 g/mol. The molecule has 0 fully saturated rings. The normalized spacial score (nSPS) is 15.3. The molecule has 0 saturated heterocycles. The van der Waals surface area contributed by atoms with Gasteiger partial charge in [0.1, 0.15) is 0 Å². The van der Waals surface area contributed by atoms with Crippen molar-refractivity contribution in [2.24, 2.45) is 0 Å². The molecule has 0 bridgehead atoms.